The topological polar surface area (TPSA) is 65.7 Å². The average molecular weight is 387 g/mol. The number of fused-ring (bicyclic) bond motifs is 1. The average Bonchev–Trinajstić information content (AvgIpc) is 2.62. The van der Waals surface area contributed by atoms with Gasteiger partial charge in [0.2, 0.25) is 0 Å². The summed E-state index contributed by atoms with van der Waals surface area (Å²) in [5, 5.41) is 1.02. The van der Waals surface area contributed by atoms with E-state index in [0.717, 1.165) is 5.56 Å². The van der Waals surface area contributed by atoms with Gasteiger partial charge in [0.25, 0.3) is 0 Å². The fourth-order valence-electron chi connectivity index (χ4n) is 2.59. The second kappa shape index (κ2) is 7.84. The predicted molar refractivity (Wildman–Crippen MR) is 104 cm³/mol. The van der Waals surface area contributed by atoms with Gasteiger partial charge in [0.1, 0.15) is 17.6 Å². The van der Waals surface area contributed by atoms with Gasteiger partial charge in [0.05, 0.1) is 17.1 Å². The Morgan fingerprint density at radius 3 is 2.44 bits per heavy atom. The fourth-order valence-corrected chi connectivity index (χ4v) is 2.72. The first-order valence-corrected chi connectivity index (χ1v) is 8.91. The lowest BCUT2D eigenvalue weighted by molar-refractivity contribution is -0.154. The van der Waals surface area contributed by atoms with Crippen LogP contribution in [-0.4, -0.2) is 18.2 Å². The van der Waals surface area contributed by atoms with Gasteiger partial charge in [-0.1, -0.05) is 23.7 Å². The maximum Gasteiger partial charge on any atom is 0.347 e. The van der Waals surface area contributed by atoms with E-state index < -0.39 is 12.1 Å². The molecule has 5 nitrogen and oxygen atoms in total. The number of hydrogen-bond donors (Lipinski definition) is 0. The molecule has 0 aliphatic heterocycles. The highest BCUT2D eigenvalue weighted by atomic mass is 35.5. The summed E-state index contributed by atoms with van der Waals surface area (Å²) in [6.07, 6.45) is 0.420. The Morgan fingerprint density at radius 1 is 1.07 bits per heavy atom. The third-order valence-electron chi connectivity index (χ3n) is 3.90. The quantitative estimate of drug-likeness (QED) is 0.587. The van der Waals surface area contributed by atoms with E-state index in [4.69, 9.17) is 25.5 Å². The highest BCUT2D eigenvalue weighted by Crippen LogP contribution is 2.24. The Kier molecular flexibility index (Phi) is 5.51. The molecule has 3 rings (SSSR count). The molecule has 6 heteroatoms. The summed E-state index contributed by atoms with van der Waals surface area (Å²) in [6, 6.07) is 11.8. The number of carbonyl (C=O) groups excluding carboxylic acids is 1. The molecule has 0 saturated heterocycles. The lowest BCUT2D eigenvalue weighted by atomic mass is 10.1. The summed E-state index contributed by atoms with van der Waals surface area (Å²) in [5.41, 5.74) is 1.39. The van der Waals surface area contributed by atoms with E-state index in [1.54, 1.807) is 63.2 Å². The van der Waals surface area contributed by atoms with Crippen LogP contribution in [0.4, 0.5) is 0 Å². The maximum absolute atomic E-state index is 12.8. The molecule has 0 fully saturated rings. The number of benzene rings is 2. The number of esters is 1. The van der Waals surface area contributed by atoms with Gasteiger partial charge in [-0.05, 0) is 50.6 Å². The van der Waals surface area contributed by atoms with Crippen molar-refractivity contribution >= 4 is 28.5 Å². The van der Waals surface area contributed by atoms with E-state index in [1.165, 1.54) is 6.26 Å². The van der Waals surface area contributed by atoms with Gasteiger partial charge in [-0.15, -0.1) is 0 Å². The van der Waals surface area contributed by atoms with Crippen molar-refractivity contribution in [3.05, 3.63) is 64.0 Å². The summed E-state index contributed by atoms with van der Waals surface area (Å²) >= 11 is 5.89. The Bertz CT molecular complexity index is 1020. The monoisotopic (exact) mass is 386 g/mol. The summed E-state index contributed by atoms with van der Waals surface area (Å²) < 4.78 is 16.3. The van der Waals surface area contributed by atoms with Crippen LogP contribution in [0, 0.1) is 0 Å². The Hall–Kier alpha value is -2.79. The molecule has 1 aromatic heterocycles. The van der Waals surface area contributed by atoms with Crippen molar-refractivity contribution in [3.8, 4) is 16.9 Å². The number of carbonyl (C=O) groups is 1. The van der Waals surface area contributed by atoms with E-state index in [0.29, 0.717) is 27.3 Å². The minimum atomic E-state index is -0.773. The van der Waals surface area contributed by atoms with Crippen molar-refractivity contribution in [1.29, 1.82) is 0 Å². The first-order valence-electron chi connectivity index (χ1n) is 8.54. The second-order valence-electron chi connectivity index (χ2n) is 6.39. The first kappa shape index (κ1) is 19.0. The molecule has 2 aromatic carbocycles. The second-order valence-corrected chi connectivity index (χ2v) is 6.83. The minimum Gasteiger partial charge on any atom is -0.479 e. The van der Waals surface area contributed by atoms with Crippen molar-refractivity contribution in [2.24, 2.45) is 0 Å². The van der Waals surface area contributed by atoms with Crippen LogP contribution in [0.5, 0.6) is 5.75 Å². The van der Waals surface area contributed by atoms with Gasteiger partial charge in [-0.3, -0.25) is 4.79 Å². The van der Waals surface area contributed by atoms with Gasteiger partial charge < -0.3 is 13.9 Å². The predicted octanol–water partition coefficient (Wildman–Crippen LogP) is 4.83. The molecule has 0 bridgehead atoms. The molecule has 0 spiro atoms. The molecule has 0 aliphatic carbocycles. The molecule has 0 amide bonds. The van der Waals surface area contributed by atoms with Crippen LogP contribution in [0.3, 0.4) is 0 Å². The van der Waals surface area contributed by atoms with E-state index >= 15 is 0 Å². The van der Waals surface area contributed by atoms with Gasteiger partial charge >= 0.3 is 5.97 Å². The fraction of sp³-hybridized carbons (Fsp3) is 0.238. The third kappa shape index (κ3) is 4.31. The highest BCUT2D eigenvalue weighted by molar-refractivity contribution is 6.30. The zero-order chi connectivity index (χ0) is 19.6. The number of ether oxygens (including phenoxy) is 2. The van der Waals surface area contributed by atoms with E-state index in [-0.39, 0.29) is 11.5 Å². The summed E-state index contributed by atoms with van der Waals surface area (Å²) in [7, 11) is 0. The van der Waals surface area contributed by atoms with Crippen LogP contribution in [0.25, 0.3) is 22.1 Å². The normalized spacial score (nSPS) is 12.2. The number of hydrogen-bond acceptors (Lipinski definition) is 5. The lowest BCUT2D eigenvalue weighted by Gasteiger charge is -2.15. The van der Waals surface area contributed by atoms with Crippen molar-refractivity contribution in [3.63, 3.8) is 0 Å². The standard InChI is InChI=1S/C21H19ClO5/c1-12(2)26-21(24)13(3)27-16-8-9-17-19(10-16)25-11-18(20(17)23)14-4-6-15(22)7-5-14/h4-13H,1-3H3/t13-/m0/s1. The molecular formula is C21H19ClO5. The molecule has 1 heterocycles. The SMILES string of the molecule is CC(C)OC(=O)[C@H](C)Oc1ccc2c(=O)c(-c3ccc(Cl)cc3)coc2c1. The largest absolute Gasteiger partial charge is 0.479 e. The Morgan fingerprint density at radius 2 is 1.78 bits per heavy atom. The molecule has 0 aliphatic rings. The molecule has 0 saturated carbocycles. The van der Waals surface area contributed by atoms with E-state index in [1.807, 2.05) is 0 Å². The third-order valence-corrected chi connectivity index (χ3v) is 4.15. The zero-order valence-electron chi connectivity index (χ0n) is 15.2. The smallest absolute Gasteiger partial charge is 0.347 e. The van der Waals surface area contributed by atoms with Crippen molar-refractivity contribution in [1.82, 2.24) is 0 Å². The summed E-state index contributed by atoms with van der Waals surface area (Å²) in [5.74, 6) is -0.0391. The number of rotatable bonds is 5. The zero-order valence-corrected chi connectivity index (χ0v) is 15.9. The van der Waals surface area contributed by atoms with Crippen molar-refractivity contribution in [2.45, 2.75) is 33.0 Å². The van der Waals surface area contributed by atoms with Gasteiger partial charge in [0, 0.05) is 11.1 Å². The Labute approximate surface area is 161 Å². The lowest BCUT2D eigenvalue weighted by Crippen LogP contribution is -2.28. The molecule has 0 unspecified atom stereocenters. The first-order chi connectivity index (χ1) is 12.8. The van der Waals surface area contributed by atoms with Crippen LogP contribution in [0.15, 0.2) is 57.9 Å². The number of halogens is 1. The molecule has 0 N–H and O–H groups in total. The molecule has 1 atom stereocenters. The molecule has 3 aromatic rings. The van der Waals surface area contributed by atoms with E-state index in [2.05, 4.69) is 0 Å². The van der Waals surface area contributed by atoms with Crippen molar-refractivity contribution < 1.29 is 18.7 Å². The van der Waals surface area contributed by atoms with Gasteiger partial charge in [0.15, 0.2) is 11.5 Å². The molecule has 0 radical (unpaired) electrons. The minimum absolute atomic E-state index is 0.155. The van der Waals surface area contributed by atoms with Crippen LogP contribution in [0.2, 0.25) is 5.02 Å². The van der Waals surface area contributed by atoms with Gasteiger partial charge in [-0.2, -0.15) is 0 Å². The Balaban J connectivity index is 1.89. The van der Waals surface area contributed by atoms with Gasteiger partial charge in [-0.25, -0.2) is 4.79 Å². The van der Waals surface area contributed by atoms with Crippen LogP contribution in [0.1, 0.15) is 20.8 Å². The van der Waals surface area contributed by atoms with Crippen LogP contribution >= 0.6 is 11.6 Å². The van der Waals surface area contributed by atoms with Crippen molar-refractivity contribution in [2.75, 3.05) is 0 Å². The van der Waals surface area contributed by atoms with Crippen LogP contribution in [-0.2, 0) is 9.53 Å². The summed E-state index contributed by atoms with van der Waals surface area (Å²) in [6.45, 7) is 5.15. The molecule has 27 heavy (non-hydrogen) atoms. The summed E-state index contributed by atoms with van der Waals surface area (Å²) in [4.78, 5) is 24.6. The van der Waals surface area contributed by atoms with E-state index in [9.17, 15) is 9.59 Å². The van der Waals surface area contributed by atoms with Crippen LogP contribution < -0.4 is 10.2 Å². The molecule has 140 valence electrons. The molecular weight excluding hydrogens is 368 g/mol. The highest BCUT2D eigenvalue weighted by Gasteiger charge is 2.18. The maximum atomic E-state index is 12.8.